The van der Waals surface area contributed by atoms with Gasteiger partial charge in [0.25, 0.3) is 15.9 Å². The Morgan fingerprint density at radius 1 is 0.943 bits per heavy atom. The maximum atomic E-state index is 13.2. The Morgan fingerprint density at radius 3 is 2.31 bits per heavy atom. The summed E-state index contributed by atoms with van der Waals surface area (Å²) in [5.74, 6) is 0.240. The van der Waals surface area contributed by atoms with Crippen molar-refractivity contribution >= 4 is 51.0 Å². The monoisotopic (exact) mass is 527 g/mol. The molecule has 0 spiro atoms. The van der Waals surface area contributed by atoms with Gasteiger partial charge in [0.15, 0.2) is 0 Å². The highest BCUT2D eigenvalue weighted by molar-refractivity contribution is 7.92. The summed E-state index contributed by atoms with van der Waals surface area (Å²) in [5, 5.41) is 4.84. The van der Waals surface area contributed by atoms with Crippen LogP contribution in [0.4, 0.5) is 5.69 Å². The molecule has 4 rings (SSSR count). The molecule has 1 amide bonds. The number of rotatable bonds is 8. The molecule has 1 heterocycles. The minimum Gasteiger partial charge on any atom is -0.455 e. The number of anilines is 1. The van der Waals surface area contributed by atoms with E-state index in [4.69, 9.17) is 27.6 Å². The fraction of sp³-hybridized carbons (Fsp3) is 0.0400. The first-order valence-electron chi connectivity index (χ1n) is 10.3. The van der Waals surface area contributed by atoms with Gasteiger partial charge >= 0.3 is 0 Å². The number of furan rings is 1. The zero-order chi connectivity index (χ0) is 24.8. The predicted molar refractivity (Wildman–Crippen MR) is 137 cm³/mol. The number of hydrazone groups is 1. The SMILES string of the molecule is O=C(CN(c1ccccc1)S(=O)(=O)c1ccccc1)N/N=C\c1ccc(-c2ccc(Cl)cc2Cl)o1. The third-order valence-electron chi connectivity index (χ3n) is 4.87. The maximum absolute atomic E-state index is 13.2. The molecule has 0 atom stereocenters. The van der Waals surface area contributed by atoms with E-state index >= 15 is 0 Å². The van der Waals surface area contributed by atoms with Crippen molar-refractivity contribution in [2.45, 2.75) is 4.90 Å². The summed E-state index contributed by atoms with van der Waals surface area (Å²) in [5.41, 5.74) is 3.35. The fourth-order valence-corrected chi connectivity index (χ4v) is 5.16. The summed E-state index contributed by atoms with van der Waals surface area (Å²) in [7, 11) is -3.98. The van der Waals surface area contributed by atoms with E-state index in [0.29, 0.717) is 32.8 Å². The third kappa shape index (κ3) is 5.92. The van der Waals surface area contributed by atoms with Crippen LogP contribution in [0.5, 0.6) is 0 Å². The molecule has 178 valence electrons. The Kier molecular flexibility index (Phi) is 7.55. The number of carbonyl (C=O) groups is 1. The Morgan fingerprint density at radius 2 is 1.63 bits per heavy atom. The number of nitrogens with one attached hydrogen (secondary N) is 1. The van der Waals surface area contributed by atoms with Crippen molar-refractivity contribution in [3.63, 3.8) is 0 Å². The summed E-state index contributed by atoms with van der Waals surface area (Å²) in [4.78, 5) is 12.7. The summed E-state index contributed by atoms with van der Waals surface area (Å²) in [6, 6.07) is 24.7. The summed E-state index contributed by atoms with van der Waals surface area (Å²) >= 11 is 12.1. The van der Waals surface area contributed by atoms with Crippen LogP contribution in [-0.2, 0) is 14.8 Å². The van der Waals surface area contributed by atoms with Crippen molar-refractivity contribution in [3.05, 3.63) is 107 Å². The summed E-state index contributed by atoms with van der Waals surface area (Å²) in [6.45, 7) is -0.470. The first-order valence-corrected chi connectivity index (χ1v) is 12.5. The number of benzene rings is 3. The van der Waals surface area contributed by atoms with E-state index in [9.17, 15) is 13.2 Å². The van der Waals surface area contributed by atoms with Crippen LogP contribution in [0, 0.1) is 0 Å². The molecular weight excluding hydrogens is 509 g/mol. The minimum atomic E-state index is -3.98. The van der Waals surface area contributed by atoms with Crippen LogP contribution >= 0.6 is 23.2 Å². The Hall–Kier alpha value is -3.59. The topological polar surface area (TPSA) is 92.0 Å². The molecule has 3 aromatic carbocycles. The van der Waals surface area contributed by atoms with Crippen LogP contribution in [0.3, 0.4) is 0 Å². The number of halogens is 2. The highest BCUT2D eigenvalue weighted by Gasteiger charge is 2.26. The summed E-state index contributed by atoms with van der Waals surface area (Å²) in [6.07, 6.45) is 1.31. The zero-order valence-electron chi connectivity index (χ0n) is 18.1. The molecule has 0 saturated carbocycles. The molecule has 0 aliphatic heterocycles. The number of hydrogen-bond acceptors (Lipinski definition) is 5. The highest BCUT2D eigenvalue weighted by atomic mass is 35.5. The van der Waals surface area contributed by atoms with Gasteiger partial charge in [-0.1, -0.05) is 59.6 Å². The third-order valence-corrected chi connectivity index (χ3v) is 7.20. The van der Waals surface area contributed by atoms with E-state index < -0.39 is 22.5 Å². The standard InChI is InChI=1S/C25H19Cl2N3O4S/c26-18-11-13-22(23(27)15-18)24-14-12-20(34-24)16-28-29-25(31)17-30(19-7-3-1-4-8-19)35(32,33)21-9-5-2-6-10-21/h1-16H,17H2,(H,29,31)/b28-16-. The van der Waals surface area contributed by atoms with Gasteiger partial charge in [-0.2, -0.15) is 5.10 Å². The lowest BCUT2D eigenvalue weighted by Gasteiger charge is -2.23. The van der Waals surface area contributed by atoms with Gasteiger partial charge in [0.05, 0.1) is 21.8 Å². The van der Waals surface area contributed by atoms with Crippen molar-refractivity contribution in [3.8, 4) is 11.3 Å². The number of carbonyl (C=O) groups excluding carboxylic acids is 1. The molecule has 1 N–H and O–H groups in total. The minimum absolute atomic E-state index is 0.0733. The molecule has 0 aliphatic carbocycles. The van der Waals surface area contributed by atoms with Crippen molar-refractivity contribution in [1.29, 1.82) is 0 Å². The van der Waals surface area contributed by atoms with Gasteiger partial charge in [0, 0.05) is 10.6 Å². The largest absolute Gasteiger partial charge is 0.455 e. The number of para-hydroxylation sites is 1. The molecule has 35 heavy (non-hydrogen) atoms. The lowest BCUT2D eigenvalue weighted by molar-refractivity contribution is -0.119. The number of nitrogens with zero attached hydrogens (tertiary/aromatic N) is 2. The van der Waals surface area contributed by atoms with Gasteiger partial charge in [-0.25, -0.2) is 13.8 Å². The van der Waals surface area contributed by atoms with Crippen LogP contribution in [0.2, 0.25) is 10.0 Å². The average molecular weight is 528 g/mol. The van der Waals surface area contributed by atoms with Crippen molar-refractivity contribution in [2.75, 3.05) is 10.8 Å². The molecule has 10 heteroatoms. The molecular formula is C25H19Cl2N3O4S. The molecule has 1 aromatic heterocycles. The Bertz CT molecular complexity index is 1460. The molecule has 0 fully saturated rings. The van der Waals surface area contributed by atoms with Gasteiger partial charge in [0.1, 0.15) is 18.1 Å². The predicted octanol–water partition coefficient (Wildman–Crippen LogP) is 5.60. The zero-order valence-corrected chi connectivity index (χ0v) is 20.5. The molecule has 4 aromatic rings. The highest BCUT2D eigenvalue weighted by Crippen LogP contribution is 2.31. The summed E-state index contributed by atoms with van der Waals surface area (Å²) < 4.78 is 33.2. The first-order chi connectivity index (χ1) is 16.8. The van der Waals surface area contributed by atoms with Crippen molar-refractivity contribution < 1.29 is 17.6 Å². The van der Waals surface area contributed by atoms with E-state index in [1.807, 2.05) is 0 Å². The number of hydrogen-bond donors (Lipinski definition) is 1. The number of amides is 1. The maximum Gasteiger partial charge on any atom is 0.264 e. The molecule has 7 nitrogen and oxygen atoms in total. The Balaban J connectivity index is 1.47. The quantitative estimate of drug-likeness (QED) is 0.238. The van der Waals surface area contributed by atoms with Crippen LogP contribution < -0.4 is 9.73 Å². The molecule has 0 radical (unpaired) electrons. The van der Waals surface area contributed by atoms with Gasteiger partial charge in [-0.05, 0) is 54.6 Å². The van der Waals surface area contributed by atoms with Gasteiger partial charge in [0.2, 0.25) is 0 Å². The second-order valence-electron chi connectivity index (χ2n) is 7.28. The van der Waals surface area contributed by atoms with E-state index in [2.05, 4.69) is 10.5 Å². The van der Waals surface area contributed by atoms with Crippen molar-refractivity contribution in [1.82, 2.24) is 5.43 Å². The van der Waals surface area contributed by atoms with E-state index in [1.54, 1.807) is 78.9 Å². The smallest absolute Gasteiger partial charge is 0.264 e. The van der Waals surface area contributed by atoms with Crippen LogP contribution in [0.1, 0.15) is 5.76 Å². The normalized spacial score (nSPS) is 11.5. The van der Waals surface area contributed by atoms with Gasteiger partial charge < -0.3 is 4.42 Å². The van der Waals surface area contributed by atoms with Gasteiger partial charge in [-0.15, -0.1) is 0 Å². The van der Waals surface area contributed by atoms with Gasteiger partial charge in [-0.3, -0.25) is 9.10 Å². The van der Waals surface area contributed by atoms with Crippen LogP contribution in [0.25, 0.3) is 11.3 Å². The van der Waals surface area contributed by atoms with E-state index in [0.717, 1.165) is 4.31 Å². The van der Waals surface area contributed by atoms with Crippen molar-refractivity contribution in [2.24, 2.45) is 5.10 Å². The van der Waals surface area contributed by atoms with Crippen LogP contribution in [-0.4, -0.2) is 27.1 Å². The van der Waals surface area contributed by atoms with E-state index in [1.165, 1.54) is 18.3 Å². The molecule has 0 aliphatic rings. The second kappa shape index (κ2) is 10.8. The fourth-order valence-electron chi connectivity index (χ4n) is 3.22. The molecule has 0 saturated heterocycles. The number of sulfonamides is 1. The Labute approximate surface area is 212 Å². The lowest BCUT2D eigenvalue weighted by atomic mass is 10.2. The first kappa shape index (κ1) is 24.5. The molecule has 0 bridgehead atoms. The lowest BCUT2D eigenvalue weighted by Crippen LogP contribution is -2.39. The average Bonchev–Trinajstić information content (AvgIpc) is 3.32. The molecule has 0 unspecified atom stereocenters. The van der Waals surface area contributed by atoms with E-state index in [-0.39, 0.29) is 4.90 Å². The second-order valence-corrected chi connectivity index (χ2v) is 9.99. The van der Waals surface area contributed by atoms with Crippen LogP contribution in [0.15, 0.2) is 105 Å².